The fourth-order valence-corrected chi connectivity index (χ4v) is 1.52. The molecular weight excluding hydrogens is 211 g/mol. The molecule has 0 saturated heterocycles. The van der Waals surface area contributed by atoms with Gasteiger partial charge in [-0.15, -0.1) is 0 Å². The molecule has 0 aliphatic carbocycles. The van der Waals surface area contributed by atoms with Gasteiger partial charge in [-0.2, -0.15) is 0 Å². The molecule has 0 aromatic carbocycles. The van der Waals surface area contributed by atoms with E-state index in [1.54, 1.807) is 22.7 Å². The van der Waals surface area contributed by atoms with E-state index in [-0.39, 0.29) is 11.0 Å². The van der Waals surface area contributed by atoms with Gasteiger partial charge in [-0.25, -0.2) is 4.98 Å². The summed E-state index contributed by atoms with van der Waals surface area (Å²) in [4.78, 5) is 14.4. The number of carbonyl (C=O) groups is 1. The van der Waals surface area contributed by atoms with Crippen molar-refractivity contribution in [1.29, 1.82) is 0 Å². The number of hydrogen-bond donors (Lipinski definition) is 0. The Hall–Kier alpha value is -1.06. The number of rotatable bonds is 1. The van der Waals surface area contributed by atoms with E-state index in [1.807, 2.05) is 0 Å². The zero-order chi connectivity index (χ0) is 9.42. The number of hydrogen-bond acceptors (Lipinski definition) is 2. The summed E-state index contributed by atoms with van der Waals surface area (Å²) in [5, 5.41) is 0.844. The number of carbonyl (C=O) groups excluding carboxylic acids is 1. The summed E-state index contributed by atoms with van der Waals surface area (Å²) in [5.74, 6) is 0.275. The third kappa shape index (κ3) is 1.30. The van der Waals surface area contributed by atoms with Gasteiger partial charge in [0, 0.05) is 11.2 Å². The fourth-order valence-electron chi connectivity index (χ4n) is 1.13. The molecule has 0 atom stereocenters. The van der Waals surface area contributed by atoms with Crippen LogP contribution in [-0.4, -0.2) is 15.7 Å². The number of fused-ring (bicyclic) bond motifs is 1. The van der Waals surface area contributed by atoms with E-state index < -0.39 is 0 Å². The zero-order valence-electron chi connectivity index (χ0n) is 6.37. The lowest BCUT2D eigenvalue weighted by Gasteiger charge is -1.94. The summed E-state index contributed by atoms with van der Waals surface area (Å²) in [6.07, 6.45) is 2.30. The Morgan fingerprint density at radius 3 is 2.92 bits per heavy atom. The zero-order valence-corrected chi connectivity index (χ0v) is 7.88. The van der Waals surface area contributed by atoms with E-state index in [4.69, 9.17) is 23.2 Å². The van der Waals surface area contributed by atoms with Crippen molar-refractivity contribution in [3.8, 4) is 0 Å². The van der Waals surface area contributed by atoms with Gasteiger partial charge in [-0.05, 0) is 12.1 Å². The molecule has 2 heterocycles. The second-order valence-electron chi connectivity index (χ2n) is 2.48. The van der Waals surface area contributed by atoms with Gasteiger partial charge in [0.1, 0.15) is 0 Å². The molecule has 2 aromatic rings. The van der Waals surface area contributed by atoms with Crippen molar-refractivity contribution in [3.63, 3.8) is 0 Å². The van der Waals surface area contributed by atoms with Crippen molar-refractivity contribution in [3.05, 3.63) is 34.3 Å². The molecule has 0 aliphatic rings. The van der Waals surface area contributed by atoms with Crippen molar-refractivity contribution in [2.24, 2.45) is 0 Å². The highest BCUT2D eigenvalue weighted by Crippen LogP contribution is 2.20. The normalized spacial score (nSPS) is 10.6. The van der Waals surface area contributed by atoms with Gasteiger partial charge in [0.15, 0.2) is 17.3 Å². The van der Waals surface area contributed by atoms with Crippen LogP contribution in [0.4, 0.5) is 0 Å². The van der Waals surface area contributed by atoms with Gasteiger partial charge < -0.3 is 0 Å². The van der Waals surface area contributed by atoms with Crippen LogP contribution in [0.2, 0.25) is 10.2 Å². The highest BCUT2D eigenvalue weighted by atomic mass is 35.5. The Balaban J connectivity index is 2.88. The van der Waals surface area contributed by atoms with E-state index in [2.05, 4.69) is 4.98 Å². The Kier molecular flexibility index (Phi) is 1.98. The standard InChI is InChI=1S/C8H4Cl2N2O/c9-5-1-2-12-6(3-5)8(10)11-7(12)4-13/h1-4H. The van der Waals surface area contributed by atoms with Crippen LogP contribution in [0.15, 0.2) is 18.3 Å². The van der Waals surface area contributed by atoms with Gasteiger partial charge in [-0.3, -0.25) is 9.20 Å². The third-order valence-corrected chi connectivity index (χ3v) is 2.21. The number of pyridine rings is 1. The molecule has 2 aromatic heterocycles. The Labute approximate surface area is 83.9 Å². The van der Waals surface area contributed by atoms with Gasteiger partial charge in [0.2, 0.25) is 0 Å². The molecule has 3 nitrogen and oxygen atoms in total. The first-order chi connectivity index (χ1) is 6.22. The number of halogens is 2. The Bertz CT molecular complexity index is 478. The molecule has 0 spiro atoms. The van der Waals surface area contributed by atoms with Gasteiger partial charge in [0.25, 0.3) is 0 Å². The monoisotopic (exact) mass is 214 g/mol. The molecule has 0 amide bonds. The van der Waals surface area contributed by atoms with Gasteiger partial charge >= 0.3 is 0 Å². The second kappa shape index (κ2) is 3.01. The second-order valence-corrected chi connectivity index (χ2v) is 3.27. The van der Waals surface area contributed by atoms with Crippen molar-refractivity contribution >= 4 is 35.0 Å². The quantitative estimate of drug-likeness (QED) is 0.684. The first-order valence-electron chi connectivity index (χ1n) is 3.50. The molecule has 0 unspecified atom stereocenters. The van der Waals surface area contributed by atoms with Crippen LogP contribution in [0.5, 0.6) is 0 Å². The van der Waals surface area contributed by atoms with Crippen molar-refractivity contribution < 1.29 is 4.79 Å². The number of aromatic nitrogens is 2. The van der Waals surface area contributed by atoms with E-state index >= 15 is 0 Å². The first-order valence-corrected chi connectivity index (χ1v) is 4.26. The molecule has 0 N–H and O–H groups in total. The molecule has 66 valence electrons. The molecule has 13 heavy (non-hydrogen) atoms. The van der Waals surface area contributed by atoms with Crippen LogP contribution in [0.1, 0.15) is 10.6 Å². The summed E-state index contributed by atoms with van der Waals surface area (Å²) in [7, 11) is 0. The van der Waals surface area contributed by atoms with E-state index in [0.717, 1.165) is 0 Å². The van der Waals surface area contributed by atoms with E-state index in [9.17, 15) is 4.79 Å². The molecule has 0 bridgehead atoms. The van der Waals surface area contributed by atoms with Gasteiger partial charge in [-0.1, -0.05) is 23.2 Å². The van der Waals surface area contributed by atoms with Crippen LogP contribution in [0.3, 0.4) is 0 Å². The average Bonchev–Trinajstić information content (AvgIpc) is 2.43. The Morgan fingerprint density at radius 2 is 2.23 bits per heavy atom. The van der Waals surface area contributed by atoms with Crippen LogP contribution < -0.4 is 0 Å². The minimum Gasteiger partial charge on any atom is -0.296 e. The average molecular weight is 215 g/mol. The SMILES string of the molecule is O=Cc1nc(Cl)c2cc(Cl)ccn12. The molecule has 2 rings (SSSR count). The molecule has 0 aliphatic heterocycles. The topological polar surface area (TPSA) is 34.4 Å². The summed E-state index contributed by atoms with van der Waals surface area (Å²) in [5.41, 5.74) is 0.635. The lowest BCUT2D eigenvalue weighted by molar-refractivity contribution is 0.111. The maximum atomic E-state index is 10.5. The number of nitrogens with zero attached hydrogens (tertiary/aromatic N) is 2. The fraction of sp³-hybridized carbons (Fsp3) is 0. The van der Waals surface area contributed by atoms with Crippen LogP contribution in [0, 0.1) is 0 Å². The predicted octanol–water partition coefficient (Wildman–Crippen LogP) is 2.45. The summed E-state index contributed by atoms with van der Waals surface area (Å²) in [6, 6.07) is 3.32. The van der Waals surface area contributed by atoms with Gasteiger partial charge in [0.05, 0.1) is 5.52 Å². The number of imidazole rings is 1. The summed E-state index contributed by atoms with van der Waals surface area (Å²) >= 11 is 11.5. The van der Waals surface area contributed by atoms with Crippen LogP contribution >= 0.6 is 23.2 Å². The molecule has 0 radical (unpaired) electrons. The lowest BCUT2D eigenvalue weighted by Crippen LogP contribution is -1.90. The predicted molar refractivity (Wildman–Crippen MR) is 50.6 cm³/mol. The highest BCUT2D eigenvalue weighted by Gasteiger charge is 2.07. The van der Waals surface area contributed by atoms with Crippen molar-refractivity contribution in [2.45, 2.75) is 0 Å². The van der Waals surface area contributed by atoms with Crippen molar-refractivity contribution in [1.82, 2.24) is 9.38 Å². The molecular formula is C8H4Cl2N2O. The number of aldehydes is 1. The van der Waals surface area contributed by atoms with E-state index in [1.165, 1.54) is 0 Å². The van der Waals surface area contributed by atoms with Crippen LogP contribution in [-0.2, 0) is 0 Å². The third-order valence-electron chi connectivity index (χ3n) is 1.69. The Morgan fingerprint density at radius 1 is 1.46 bits per heavy atom. The summed E-state index contributed by atoms with van der Waals surface area (Å²) < 4.78 is 1.58. The minimum absolute atomic E-state index is 0.275. The minimum atomic E-state index is 0.275. The maximum Gasteiger partial charge on any atom is 0.186 e. The maximum absolute atomic E-state index is 10.5. The molecule has 0 fully saturated rings. The highest BCUT2D eigenvalue weighted by molar-refractivity contribution is 6.34. The summed E-state index contributed by atoms with van der Waals surface area (Å²) in [6.45, 7) is 0. The molecule has 5 heteroatoms. The first kappa shape index (κ1) is 8.53. The smallest absolute Gasteiger partial charge is 0.186 e. The largest absolute Gasteiger partial charge is 0.296 e. The van der Waals surface area contributed by atoms with E-state index in [0.29, 0.717) is 16.8 Å². The van der Waals surface area contributed by atoms with Crippen LogP contribution in [0.25, 0.3) is 5.52 Å². The lowest BCUT2D eigenvalue weighted by atomic mass is 10.4. The van der Waals surface area contributed by atoms with Crippen molar-refractivity contribution in [2.75, 3.05) is 0 Å². The molecule has 0 saturated carbocycles.